The van der Waals surface area contributed by atoms with Crippen LogP contribution in [0.4, 0.5) is 0 Å². The molecular formula is C20H39BrO2Si2. The van der Waals surface area contributed by atoms with Crippen LogP contribution in [0.1, 0.15) is 54.4 Å². The first-order valence-corrected chi connectivity index (χ1v) is 16.1. The van der Waals surface area contributed by atoms with Crippen LogP contribution in [0.25, 0.3) is 0 Å². The quantitative estimate of drug-likeness (QED) is 0.418. The Balaban J connectivity index is 3.02. The van der Waals surface area contributed by atoms with Crippen molar-refractivity contribution in [3.8, 4) is 0 Å². The lowest BCUT2D eigenvalue weighted by Gasteiger charge is -2.45. The van der Waals surface area contributed by atoms with E-state index >= 15 is 0 Å². The van der Waals surface area contributed by atoms with Gasteiger partial charge in [0.2, 0.25) is 0 Å². The van der Waals surface area contributed by atoms with Crippen molar-refractivity contribution < 1.29 is 8.85 Å². The maximum atomic E-state index is 6.73. The molecule has 1 saturated carbocycles. The molecule has 0 spiro atoms. The highest BCUT2D eigenvalue weighted by molar-refractivity contribution is 9.11. The summed E-state index contributed by atoms with van der Waals surface area (Å²) < 4.78 is 13.5. The molecule has 0 N–H and O–H groups in total. The van der Waals surface area contributed by atoms with Gasteiger partial charge in [-0.05, 0) is 58.8 Å². The van der Waals surface area contributed by atoms with Crippen LogP contribution >= 0.6 is 15.9 Å². The second kappa shape index (κ2) is 7.74. The molecule has 1 aliphatic rings. The van der Waals surface area contributed by atoms with Gasteiger partial charge in [-0.15, -0.1) is 0 Å². The fourth-order valence-electron chi connectivity index (χ4n) is 2.50. The van der Waals surface area contributed by atoms with Crippen LogP contribution in [0, 0.1) is 0 Å². The van der Waals surface area contributed by atoms with E-state index in [4.69, 9.17) is 8.85 Å². The molecule has 0 unspecified atom stereocenters. The second-order valence-corrected chi connectivity index (χ2v) is 20.4. The minimum Gasteiger partial charge on any atom is -0.413 e. The first-order chi connectivity index (χ1) is 11.0. The Bertz CT molecular complexity index is 525. The van der Waals surface area contributed by atoms with Crippen LogP contribution in [0.5, 0.6) is 0 Å². The molecule has 1 aliphatic carbocycles. The van der Waals surface area contributed by atoms with E-state index in [1.54, 1.807) is 0 Å². The van der Waals surface area contributed by atoms with Gasteiger partial charge in [0.25, 0.3) is 0 Å². The van der Waals surface area contributed by atoms with E-state index in [1.807, 2.05) is 4.99 Å². The Morgan fingerprint density at radius 2 is 1.40 bits per heavy atom. The van der Waals surface area contributed by atoms with Gasteiger partial charge in [-0.2, -0.15) is 0 Å². The Hall–Kier alpha value is 0.314. The van der Waals surface area contributed by atoms with Gasteiger partial charge in [0.05, 0.1) is 12.2 Å². The monoisotopic (exact) mass is 446 g/mol. The van der Waals surface area contributed by atoms with Gasteiger partial charge in [0.1, 0.15) is 0 Å². The minimum absolute atomic E-state index is 0.0632. The highest BCUT2D eigenvalue weighted by Gasteiger charge is 2.44. The molecule has 0 amide bonds. The zero-order valence-corrected chi connectivity index (χ0v) is 21.6. The van der Waals surface area contributed by atoms with Crippen molar-refractivity contribution in [3.63, 3.8) is 0 Å². The van der Waals surface area contributed by atoms with Gasteiger partial charge in [-0.1, -0.05) is 64.1 Å². The van der Waals surface area contributed by atoms with Crippen molar-refractivity contribution >= 4 is 32.6 Å². The van der Waals surface area contributed by atoms with Crippen LogP contribution in [-0.4, -0.2) is 28.8 Å². The van der Waals surface area contributed by atoms with E-state index < -0.39 is 16.6 Å². The molecule has 0 aromatic rings. The molecule has 0 aromatic carbocycles. The molecule has 0 aliphatic heterocycles. The molecule has 2 nitrogen and oxygen atoms in total. The Morgan fingerprint density at radius 3 is 1.80 bits per heavy atom. The zero-order chi connectivity index (χ0) is 19.8. The molecule has 25 heavy (non-hydrogen) atoms. The lowest BCUT2D eigenvalue weighted by molar-refractivity contribution is 0.0971. The summed E-state index contributed by atoms with van der Waals surface area (Å²) in [6.07, 6.45) is 2.12. The van der Waals surface area contributed by atoms with Crippen molar-refractivity contribution in [2.24, 2.45) is 0 Å². The van der Waals surface area contributed by atoms with E-state index in [0.29, 0.717) is 0 Å². The highest BCUT2D eigenvalue weighted by Crippen LogP contribution is 2.44. The summed E-state index contributed by atoms with van der Waals surface area (Å²) in [6, 6.07) is 0. The normalized spacial score (nSPS) is 25.6. The van der Waals surface area contributed by atoms with Gasteiger partial charge in [0.15, 0.2) is 16.6 Å². The molecule has 5 heteroatoms. The molecule has 0 bridgehead atoms. The summed E-state index contributed by atoms with van der Waals surface area (Å²) >= 11 is 3.53. The van der Waals surface area contributed by atoms with E-state index in [2.05, 4.69) is 90.2 Å². The summed E-state index contributed by atoms with van der Waals surface area (Å²) in [4.78, 5) is 2.01. The fourth-order valence-corrected chi connectivity index (χ4v) is 5.65. The predicted molar refractivity (Wildman–Crippen MR) is 120 cm³/mol. The summed E-state index contributed by atoms with van der Waals surface area (Å²) in [5.74, 6) is 0. The van der Waals surface area contributed by atoms with Gasteiger partial charge in [-0.3, -0.25) is 0 Å². The first kappa shape index (κ1) is 23.4. The molecule has 146 valence electrons. The SMILES string of the molecule is C=C1/C(=C\Br)C[C@H](O[Si](C)(C)C(C)(C)C)C[C@H]1O[Si](C)(C)C(C)(C)C. The van der Waals surface area contributed by atoms with Gasteiger partial charge in [0, 0.05) is 6.42 Å². The number of hydrogen-bond donors (Lipinski definition) is 0. The highest BCUT2D eigenvalue weighted by atomic mass is 79.9. The third kappa shape index (κ3) is 5.64. The van der Waals surface area contributed by atoms with Crippen molar-refractivity contribution in [1.29, 1.82) is 0 Å². The molecular weight excluding hydrogens is 408 g/mol. The van der Waals surface area contributed by atoms with Gasteiger partial charge in [-0.25, -0.2) is 0 Å². The Labute approximate surface area is 166 Å². The molecule has 0 saturated heterocycles. The third-order valence-corrected chi connectivity index (χ3v) is 15.9. The zero-order valence-electron chi connectivity index (χ0n) is 18.0. The van der Waals surface area contributed by atoms with Crippen LogP contribution in [-0.2, 0) is 8.85 Å². The number of halogens is 1. The third-order valence-electron chi connectivity index (χ3n) is 6.37. The molecule has 0 radical (unpaired) electrons. The number of hydrogen-bond acceptors (Lipinski definition) is 2. The average molecular weight is 448 g/mol. The fraction of sp³-hybridized carbons (Fsp3) is 0.800. The summed E-state index contributed by atoms with van der Waals surface area (Å²) in [7, 11) is -3.65. The van der Waals surface area contributed by atoms with Crippen molar-refractivity contribution in [2.45, 2.75) is 103 Å². The van der Waals surface area contributed by atoms with E-state index in [1.165, 1.54) is 5.57 Å². The second-order valence-electron chi connectivity index (χ2n) is 10.5. The lowest BCUT2D eigenvalue weighted by Crippen LogP contribution is -2.49. The topological polar surface area (TPSA) is 18.5 Å². The minimum atomic E-state index is -1.85. The van der Waals surface area contributed by atoms with E-state index in [-0.39, 0.29) is 22.3 Å². The smallest absolute Gasteiger partial charge is 0.192 e. The maximum Gasteiger partial charge on any atom is 0.192 e. The maximum absolute atomic E-state index is 6.73. The summed E-state index contributed by atoms with van der Waals surface area (Å²) in [5.41, 5.74) is 2.36. The number of rotatable bonds is 4. The van der Waals surface area contributed by atoms with Crippen molar-refractivity contribution in [3.05, 3.63) is 22.7 Å². The van der Waals surface area contributed by atoms with Crippen molar-refractivity contribution in [1.82, 2.24) is 0 Å². The molecule has 0 aromatic heterocycles. The summed E-state index contributed by atoms with van der Waals surface area (Å²) in [5, 5.41) is 0.411. The average Bonchev–Trinajstić information content (AvgIpc) is 2.38. The summed E-state index contributed by atoms with van der Waals surface area (Å²) in [6.45, 7) is 27.4. The Kier molecular flexibility index (Phi) is 7.23. The molecule has 2 atom stereocenters. The molecule has 1 fully saturated rings. The lowest BCUT2D eigenvalue weighted by atomic mass is 9.87. The first-order valence-electron chi connectivity index (χ1n) is 9.36. The predicted octanol–water partition coefficient (Wildman–Crippen LogP) is 7.40. The van der Waals surface area contributed by atoms with Crippen LogP contribution in [0.15, 0.2) is 22.7 Å². The van der Waals surface area contributed by atoms with Gasteiger partial charge >= 0.3 is 0 Å². The van der Waals surface area contributed by atoms with Crippen molar-refractivity contribution in [2.75, 3.05) is 0 Å². The van der Waals surface area contributed by atoms with Crippen LogP contribution in [0.2, 0.25) is 36.3 Å². The Morgan fingerprint density at radius 1 is 0.960 bits per heavy atom. The van der Waals surface area contributed by atoms with E-state index in [0.717, 1.165) is 18.4 Å². The van der Waals surface area contributed by atoms with Gasteiger partial charge < -0.3 is 8.85 Å². The molecule has 1 rings (SSSR count). The van der Waals surface area contributed by atoms with Crippen LogP contribution in [0.3, 0.4) is 0 Å². The standard InChI is InChI=1S/C20H39BrO2Si2/c1-15-16(14-21)12-17(22-24(8,9)19(2,3)4)13-18(15)23-25(10,11)20(5,6)7/h14,17-18H,1,12-13H2,2-11H3/b16-14-/t17-,18+/m0/s1. The van der Waals surface area contributed by atoms with E-state index in [9.17, 15) is 0 Å². The van der Waals surface area contributed by atoms with Crippen LogP contribution < -0.4 is 0 Å². The molecule has 0 heterocycles. The largest absolute Gasteiger partial charge is 0.413 e.